The molecule has 3 aromatic carbocycles. The van der Waals surface area contributed by atoms with Crippen molar-refractivity contribution >= 4 is 16.8 Å². The minimum Gasteiger partial charge on any atom is -0.395 e. The molecule has 29 heavy (non-hydrogen) atoms. The Bertz CT molecular complexity index is 1140. The van der Waals surface area contributed by atoms with Crippen LogP contribution in [0.2, 0.25) is 0 Å². The maximum absolute atomic E-state index is 13.0. The zero-order valence-electron chi connectivity index (χ0n) is 16.2. The number of benzene rings is 3. The summed E-state index contributed by atoms with van der Waals surface area (Å²) in [4.78, 5) is 19.3. The van der Waals surface area contributed by atoms with E-state index in [-0.39, 0.29) is 19.1 Å². The van der Waals surface area contributed by atoms with Crippen molar-refractivity contribution in [3.63, 3.8) is 0 Å². The van der Waals surface area contributed by atoms with E-state index >= 15 is 0 Å². The zero-order valence-corrected chi connectivity index (χ0v) is 16.2. The summed E-state index contributed by atoms with van der Waals surface area (Å²) in [5.41, 5.74) is 5.37. The second-order valence-electron chi connectivity index (χ2n) is 6.97. The average molecular weight is 382 g/mol. The lowest BCUT2D eigenvalue weighted by atomic mass is 10.0. The number of nitrogens with zero attached hydrogens (tertiary/aromatic N) is 2. The van der Waals surface area contributed by atoms with Crippen LogP contribution in [0, 0.1) is 0 Å². The molecular formula is C25H22N2O2. The molecular weight excluding hydrogens is 360 g/mol. The molecule has 0 bridgehead atoms. The van der Waals surface area contributed by atoms with Crippen molar-refractivity contribution in [2.45, 2.75) is 0 Å². The molecule has 1 aromatic heterocycles. The van der Waals surface area contributed by atoms with E-state index < -0.39 is 0 Å². The molecule has 0 fully saturated rings. The van der Waals surface area contributed by atoms with Gasteiger partial charge in [0.05, 0.1) is 23.4 Å². The summed E-state index contributed by atoms with van der Waals surface area (Å²) in [5, 5.41) is 10.0. The quantitative estimate of drug-likeness (QED) is 0.547. The highest BCUT2D eigenvalue weighted by Crippen LogP contribution is 2.28. The van der Waals surface area contributed by atoms with E-state index in [1.165, 1.54) is 4.90 Å². The Morgan fingerprint density at radius 1 is 0.862 bits per heavy atom. The van der Waals surface area contributed by atoms with Crippen molar-refractivity contribution in [1.29, 1.82) is 0 Å². The molecule has 1 amide bonds. The summed E-state index contributed by atoms with van der Waals surface area (Å²) in [6.45, 7) is 0.218. The van der Waals surface area contributed by atoms with Crippen LogP contribution in [0.5, 0.6) is 0 Å². The lowest BCUT2D eigenvalue weighted by molar-refractivity contribution is 0.0769. The van der Waals surface area contributed by atoms with Gasteiger partial charge in [0.2, 0.25) is 0 Å². The molecule has 0 atom stereocenters. The maximum Gasteiger partial charge on any atom is 0.254 e. The van der Waals surface area contributed by atoms with Crippen LogP contribution in [0.1, 0.15) is 10.4 Å². The zero-order chi connectivity index (χ0) is 20.2. The van der Waals surface area contributed by atoms with Crippen molar-refractivity contribution in [3.8, 4) is 22.4 Å². The second-order valence-corrected chi connectivity index (χ2v) is 6.97. The molecule has 144 valence electrons. The van der Waals surface area contributed by atoms with E-state index in [9.17, 15) is 9.90 Å². The number of aliphatic hydroxyl groups excluding tert-OH is 1. The van der Waals surface area contributed by atoms with Gasteiger partial charge in [0.15, 0.2) is 0 Å². The molecule has 4 nitrogen and oxygen atoms in total. The SMILES string of the molecule is CN(CCO)C(=O)c1cc(-c2ccc(-c3ccccc3)cc2)nc2ccccc12. The summed E-state index contributed by atoms with van der Waals surface area (Å²) in [6, 6.07) is 27.9. The van der Waals surface area contributed by atoms with Crippen LogP contribution in [-0.2, 0) is 0 Å². The van der Waals surface area contributed by atoms with Gasteiger partial charge in [0, 0.05) is 24.5 Å². The number of carbonyl (C=O) groups excluding carboxylic acids is 1. The molecule has 0 spiro atoms. The molecule has 1 heterocycles. The van der Waals surface area contributed by atoms with E-state index in [4.69, 9.17) is 4.98 Å². The molecule has 0 unspecified atom stereocenters. The van der Waals surface area contributed by atoms with Crippen molar-refractivity contribution < 1.29 is 9.90 Å². The van der Waals surface area contributed by atoms with Crippen molar-refractivity contribution in [2.24, 2.45) is 0 Å². The molecule has 4 aromatic rings. The van der Waals surface area contributed by atoms with E-state index in [0.717, 1.165) is 33.3 Å². The highest BCUT2D eigenvalue weighted by Gasteiger charge is 2.17. The minimum atomic E-state index is -0.125. The van der Waals surface area contributed by atoms with Gasteiger partial charge in [-0.25, -0.2) is 4.98 Å². The van der Waals surface area contributed by atoms with Crippen LogP contribution >= 0.6 is 0 Å². The van der Waals surface area contributed by atoms with Crippen molar-refractivity contribution in [1.82, 2.24) is 9.88 Å². The number of fused-ring (bicyclic) bond motifs is 1. The summed E-state index contributed by atoms with van der Waals surface area (Å²) in [5.74, 6) is -0.125. The number of aliphatic hydroxyl groups is 1. The Morgan fingerprint density at radius 2 is 1.48 bits per heavy atom. The number of hydrogen-bond acceptors (Lipinski definition) is 3. The van der Waals surface area contributed by atoms with Crippen LogP contribution in [-0.4, -0.2) is 41.1 Å². The van der Waals surface area contributed by atoms with E-state index in [0.29, 0.717) is 5.56 Å². The fourth-order valence-corrected chi connectivity index (χ4v) is 3.42. The summed E-state index contributed by atoms with van der Waals surface area (Å²) >= 11 is 0. The summed E-state index contributed by atoms with van der Waals surface area (Å²) < 4.78 is 0. The monoisotopic (exact) mass is 382 g/mol. The molecule has 0 aliphatic heterocycles. The first kappa shape index (κ1) is 18.8. The van der Waals surface area contributed by atoms with E-state index in [1.54, 1.807) is 7.05 Å². The highest BCUT2D eigenvalue weighted by molar-refractivity contribution is 6.07. The Kier molecular flexibility index (Phi) is 5.36. The predicted octanol–water partition coefficient (Wildman–Crippen LogP) is 4.63. The van der Waals surface area contributed by atoms with Crippen LogP contribution in [0.25, 0.3) is 33.3 Å². The first-order valence-electron chi connectivity index (χ1n) is 9.59. The molecule has 4 rings (SSSR count). The largest absolute Gasteiger partial charge is 0.395 e. The van der Waals surface area contributed by atoms with Crippen molar-refractivity contribution in [2.75, 3.05) is 20.2 Å². The van der Waals surface area contributed by atoms with Crippen LogP contribution < -0.4 is 0 Å². The normalized spacial score (nSPS) is 10.8. The van der Waals surface area contributed by atoms with Gasteiger partial charge in [-0.15, -0.1) is 0 Å². The number of para-hydroxylation sites is 1. The van der Waals surface area contributed by atoms with Gasteiger partial charge >= 0.3 is 0 Å². The van der Waals surface area contributed by atoms with Gasteiger partial charge in [0.25, 0.3) is 5.91 Å². The number of rotatable bonds is 5. The number of aromatic nitrogens is 1. The second kappa shape index (κ2) is 8.25. The molecule has 0 aliphatic rings. The topological polar surface area (TPSA) is 53.4 Å². The third-order valence-electron chi connectivity index (χ3n) is 5.02. The Balaban J connectivity index is 1.77. The first-order valence-corrected chi connectivity index (χ1v) is 9.59. The van der Waals surface area contributed by atoms with Gasteiger partial charge in [-0.1, -0.05) is 72.8 Å². The van der Waals surface area contributed by atoms with Gasteiger partial charge < -0.3 is 10.0 Å². The van der Waals surface area contributed by atoms with Gasteiger partial charge in [0.1, 0.15) is 0 Å². The van der Waals surface area contributed by atoms with Crippen LogP contribution in [0.4, 0.5) is 0 Å². The Labute approximate surface area is 170 Å². The molecule has 0 saturated heterocycles. The van der Waals surface area contributed by atoms with E-state index in [1.807, 2.05) is 60.7 Å². The number of amides is 1. The summed E-state index contributed by atoms with van der Waals surface area (Å²) in [7, 11) is 1.70. The number of pyridine rings is 1. The van der Waals surface area contributed by atoms with Crippen LogP contribution in [0.3, 0.4) is 0 Å². The minimum absolute atomic E-state index is 0.0704. The van der Waals surface area contributed by atoms with Gasteiger partial charge in [-0.2, -0.15) is 0 Å². The molecule has 0 radical (unpaired) electrons. The van der Waals surface area contributed by atoms with Gasteiger partial charge in [-0.3, -0.25) is 4.79 Å². The third-order valence-corrected chi connectivity index (χ3v) is 5.02. The molecule has 0 saturated carbocycles. The lowest BCUT2D eigenvalue weighted by Gasteiger charge is -2.17. The number of hydrogen-bond donors (Lipinski definition) is 1. The Morgan fingerprint density at radius 3 is 2.21 bits per heavy atom. The van der Waals surface area contributed by atoms with Gasteiger partial charge in [-0.05, 0) is 23.3 Å². The molecule has 1 N–H and O–H groups in total. The standard InChI is InChI=1S/C25H22N2O2/c1-27(15-16-28)25(29)22-17-24(26-23-10-6-5-9-21(22)23)20-13-11-19(12-14-20)18-7-3-2-4-8-18/h2-14,17,28H,15-16H2,1H3. The number of carbonyl (C=O) groups is 1. The fourth-order valence-electron chi connectivity index (χ4n) is 3.42. The average Bonchev–Trinajstić information content (AvgIpc) is 2.78. The third kappa shape index (κ3) is 3.89. The summed E-state index contributed by atoms with van der Waals surface area (Å²) in [6.07, 6.45) is 0. The lowest BCUT2D eigenvalue weighted by Crippen LogP contribution is -2.29. The van der Waals surface area contributed by atoms with Crippen molar-refractivity contribution in [3.05, 3.63) is 90.5 Å². The van der Waals surface area contributed by atoms with E-state index in [2.05, 4.69) is 24.3 Å². The Hall–Kier alpha value is -3.50. The molecule has 0 aliphatic carbocycles. The smallest absolute Gasteiger partial charge is 0.254 e. The highest BCUT2D eigenvalue weighted by atomic mass is 16.3. The maximum atomic E-state index is 13.0. The number of likely N-dealkylation sites (N-methyl/N-ethyl adjacent to an activating group) is 1. The fraction of sp³-hybridized carbons (Fsp3) is 0.120. The molecule has 4 heteroatoms. The first-order chi connectivity index (χ1) is 14.2. The van der Waals surface area contributed by atoms with Crippen LogP contribution in [0.15, 0.2) is 84.9 Å². The predicted molar refractivity (Wildman–Crippen MR) is 117 cm³/mol.